The van der Waals surface area contributed by atoms with Crippen LogP contribution >= 0.6 is 0 Å². The van der Waals surface area contributed by atoms with Crippen LogP contribution in [0.2, 0.25) is 0 Å². The van der Waals surface area contributed by atoms with Gasteiger partial charge < -0.3 is 4.74 Å². The van der Waals surface area contributed by atoms with Gasteiger partial charge in [-0.2, -0.15) is 8.78 Å². The first-order valence-corrected chi connectivity index (χ1v) is 5.50. The van der Waals surface area contributed by atoms with E-state index in [4.69, 9.17) is 0 Å². The van der Waals surface area contributed by atoms with Crippen LogP contribution in [0.4, 0.5) is 35.1 Å². The average molecular weight is 328 g/mol. The van der Waals surface area contributed by atoms with Crippen LogP contribution in [0.25, 0.3) is 11.1 Å². The van der Waals surface area contributed by atoms with Crippen LogP contribution in [0.5, 0.6) is 5.75 Å². The molecule has 0 aliphatic heterocycles. The number of halogens is 8. The third-order valence-electron chi connectivity index (χ3n) is 2.65. The maximum absolute atomic E-state index is 13.6. The van der Waals surface area contributed by atoms with E-state index >= 15 is 0 Å². The van der Waals surface area contributed by atoms with Gasteiger partial charge in [-0.3, -0.25) is 0 Å². The van der Waals surface area contributed by atoms with Gasteiger partial charge in [0.25, 0.3) is 0 Å². The number of rotatable bonds is 3. The van der Waals surface area contributed by atoms with Crippen LogP contribution in [0.1, 0.15) is 0 Å². The summed E-state index contributed by atoms with van der Waals surface area (Å²) in [5.74, 6) is -13.5. The highest BCUT2D eigenvalue weighted by Gasteiger charge is 2.27. The molecule has 2 aromatic rings. The minimum atomic E-state index is -3.44. The van der Waals surface area contributed by atoms with E-state index in [1.54, 1.807) is 0 Å². The molecule has 0 N–H and O–H groups in total. The van der Waals surface area contributed by atoms with Gasteiger partial charge in [0, 0.05) is 0 Å². The van der Waals surface area contributed by atoms with Crippen LogP contribution < -0.4 is 4.74 Å². The van der Waals surface area contributed by atoms with Gasteiger partial charge in [0.05, 0.1) is 5.56 Å². The predicted octanol–water partition coefficient (Wildman–Crippen LogP) is 4.79. The van der Waals surface area contributed by atoms with Crippen molar-refractivity contribution in [2.75, 3.05) is 0 Å². The minimum Gasteiger partial charge on any atom is -0.432 e. The van der Waals surface area contributed by atoms with Crippen molar-refractivity contribution >= 4 is 0 Å². The molecule has 0 aromatic heterocycles. The Hall–Kier alpha value is -2.32. The predicted molar refractivity (Wildman–Crippen MR) is 58.3 cm³/mol. The minimum absolute atomic E-state index is 0.403. The molecule has 0 radical (unpaired) electrons. The smallest absolute Gasteiger partial charge is 0.387 e. The topological polar surface area (TPSA) is 9.23 Å². The molecule has 9 heteroatoms. The van der Waals surface area contributed by atoms with Crippen molar-refractivity contribution in [3.63, 3.8) is 0 Å². The SMILES string of the molecule is Fc1ccc(-c2c(F)c(F)c(F)c(F)c2F)cc1OC(F)F. The van der Waals surface area contributed by atoms with E-state index in [9.17, 15) is 35.1 Å². The Morgan fingerprint density at radius 3 is 1.73 bits per heavy atom. The van der Waals surface area contributed by atoms with E-state index in [-0.39, 0.29) is 0 Å². The summed E-state index contributed by atoms with van der Waals surface area (Å²) in [5.41, 5.74) is -2.10. The van der Waals surface area contributed by atoms with Crippen molar-refractivity contribution in [3.8, 4) is 16.9 Å². The largest absolute Gasteiger partial charge is 0.432 e. The number of ether oxygens (including phenoxy) is 1. The van der Waals surface area contributed by atoms with Crippen LogP contribution in [0, 0.1) is 34.9 Å². The van der Waals surface area contributed by atoms with E-state index in [0.717, 1.165) is 0 Å². The lowest BCUT2D eigenvalue weighted by atomic mass is 10.0. The number of hydrogen-bond donors (Lipinski definition) is 0. The summed E-state index contributed by atoms with van der Waals surface area (Å²) in [4.78, 5) is 0. The quantitative estimate of drug-likeness (QED) is 0.447. The van der Waals surface area contributed by atoms with Gasteiger partial charge in [-0.25, -0.2) is 26.3 Å². The normalized spacial score (nSPS) is 11.1. The van der Waals surface area contributed by atoms with E-state index in [1.807, 2.05) is 0 Å². The molecule has 0 unspecified atom stereocenters. The van der Waals surface area contributed by atoms with E-state index < -0.39 is 58.4 Å². The maximum atomic E-state index is 13.6. The van der Waals surface area contributed by atoms with Gasteiger partial charge >= 0.3 is 6.61 Å². The number of benzene rings is 2. The first kappa shape index (κ1) is 16.1. The molecule has 0 fully saturated rings. The Morgan fingerprint density at radius 2 is 1.23 bits per heavy atom. The van der Waals surface area contributed by atoms with Crippen LogP contribution in [-0.2, 0) is 0 Å². The Balaban J connectivity index is 2.67. The second-order valence-electron chi connectivity index (χ2n) is 3.97. The molecule has 0 heterocycles. The molecule has 0 atom stereocenters. The van der Waals surface area contributed by atoms with Crippen molar-refractivity contribution in [1.82, 2.24) is 0 Å². The zero-order valence-corrected chi connectivity index (χ0v) is 10.2. The number of alkyl halides is 2. The molecule has 0 spiro atoms. The first-order chi connectivity index (χ1) is 10.2. The van der Waals surface area contributed by atoms with Gasteiger partial charge in [0.2, 0.25) is 5.82 Å². The summed E-state index contributed by atoms with van der Waals surface area (Å²) in [6.07, 6.45) is 0. The number of hydrogen-bond acceptors (Lipinski definition) is 1. The highest BCUT2D eigenvalue weighted by molar-refractivity contribution is 5.67. The highest BCUT2D eigenvalue weighted by atomic mass is 19.3. The Morgan fingerprint density at radius 1 is 0.727 bits per heavy atom. The molecule has 0 aliphatic rings. The molecule has 1 nitrogen and oxygen atoms in total. The van der Waals surface area contributed by atoms with Crippen molar-refractivity contribution in [2.24, 2.45) is 0 Å². The van der Waals surface area contributed by atoms with Crippen molar-refractivity contribution in [3.05, 3.63) is 53.1 Å². The lowest BCUT2D eigenvalue weighted by molar-refractivity contribution is -0.0521. The standard InChI is InChI=1S/C13H4F8O/c14-5-2-1-4(3-6(5)22-13(20)21)7-8(15)10(17)12(19)11(18)9(7)16/h1-3,13H. The van der Waals surface area contributed by atoms with Gasteiger partial charge in [-0.1, -0.05) is 6.07 Å². The summed E-state index contributed by atoms with van der Waals surface area (Å²) in [6, 6.07) is 1.55. The summed E-state index contributed by atoms with van der Waals surface area (Å²) in [7, 11) is 0. The van der Waals surface area contributed by atoms with Gasteiger partial charge in [-0.15, -0.1) is 0 Å². The monoisotopic (exact) mass is 328 g/mol. The third kappa shape index (κ3) is 2.70. The summed E-state index contributed by atoms with van der Waals surface area (Å²) in [5, 5.41) is 0. The lowest BCUT2D eigenvalue weighted by Crippen LogP contribution is -2.06. The molecule has 2 rings (SSSR count). The van der Waals surface area contributed by atoms with E-state index in [1.165, 1.54) is 0 Å². The van der Waals surface area contributed by atoms with Crippen molar-refractivity contribution in [1.29, 1.82) is 0 Å². The lowest BCUT2D eigenvalue weighted by Gasteiger charge is -2.11. The zero-order valence-electron chi connectivity index (χ0n) is 10.2. The zero-order chi connectivity index (χ0) is 16.6. The molecular formula is C13H4F8O. The first-order valence-electron chi connectivity index (χ1n) is 5.50. The molecule has 0 saturated carbocycles. The molecule has 0 aliphatic carbocycles. The second kappa shape index (κ2) is 5.82. The van der Waals surface area contributed by atoms with Crippen LogP contribution in [-0.4, -0.2) is 6.61 Å². The molecule has 0 amide bonds. The summed E-state index contributed by atoms with van der Waals surface area (Å²) >= 11 is 0. The maximum Gasteiger partial charge on any atom is 0.387 e. The fraction of sp³-hybridized carbons (Fsp3) is 0.0769. The van der Waals surface area contributed by atoms with E-state index in [2.05, 4.69) is 4.74 Å². The Bertz CT molecular complexity index is 699. The van der Waals surface area contributed by atoms with Crippen molar-refractivity contribution in [2.45, 2.75) is 6.61 Å². The molecule has 118 valence electrons. The van der Waals surface area contributed by atoms with E-state index in [0.29, 0.717) is 18.2 Å². The summed E-state index contributed by atoms with van der Waals surface area (Å²) in [6.45, 7) is -3.44. The van der Waals surface area contributed by atoms with Crippen LogP contribution in [0.15, 0.2) is 18.2 Å². The third-order valence-corrected chi connectivity index (χ3v) is 2.65. The van der Waals surface area contributed by atoms with Crippen molar-refractivity contribution < 1.29 is 39.9 Å². The van der Waals surface area contributed by atoms with Gasteiger partial charge in [0.1, 0.15) is 0 Å². The molecule has 0 saturated heterocycles. The molecule has 2 aromatic carbocycles. The molecule has 0 bridgehead atoms. The average Bonchev–Trinajstić information content (AvgIpc) is 2.46. The second-order valence-corrected chi connectivity index (χ2v) is 3.97. The van der Waals surface area contributed by atoms with Gasteiger partial charge in [0.15, 0.2) is 34.8 Å². The fourth-order valence-corrected chi connectivity index (χ4v) is 1.70. The Kier molecular flexibility index (Phi) is 4.25. The highest BCUT2D eigenvalue weighted by Crippen LogP contribution is 2.34. The molecular weight excluding hydrogens is 324 g/mol. The Labute approximate surface area is 117 Å². The fourth-order valence-electron chi connectivity index (χ4n) is 1.70. The molecule has 22 heavy (non-hydrogen) atoms. The summed E-state index contributed by atoms with van der Waals surface area (Å²) < 4.78 is 107. The van der Waals surface area contributed by atoms with Gasteiger partial charge in [-0.05, 0) is 17.7 Å². The van der Waals surface area contributed by atoms with Crippen LogP contribution in [0.3, 0.4) is 0 Å².